The van der Waals surface area contributed by atoms with Gasteiger partial charge < -0.3 is 9.80 Å². The number of hydrogen-bond donors (Lipinski definition) is 0. The van der Waals surface area contributed by atoms with Crippen molar-refractivity contribution in [1.29, 1.82) is 0 Å². The molecule has 0 aliphatic rings. The van der Waals surface area contributed by atoms with Crippen LogP contribution in [-0.2, 0) is 0 Å². The highest BCUT2D eigenvalue weighted by Gasteiger charge is 2.15. The highest BCUT2D eigenvalue weighted by molar-refractivity contribution is 4.72. The summed E-state index contributed by atoms with van der Waals surface area (Å²) in [6.45, 7) is 16.0. The summed E-state index contributed by atoms with van der Waals surface area (Å²) in [6, 6.07) is 0. The van der Waals surface area contributed by atoms with Crippen LogP contribution in [0.1, 0.15) is 41.0 Å². The van der Waals surface area contributed by atoms with E-state index in [1.807, 2.05) is 0 Å². The van der Waals surface area contributed by atoms with Crippen LogP contribution in [-0.4, -0.2) is 48.6 Å². The molecule has 0 aromatic carbocycles. The van der Waals surface area contributed by atoms with Gasteiger partial charge in [-0.2, -0.15) is 0 Å². The summed E-state index contributed by atoms with van der Waals surface area (Å²) in [4.78, 5) is 4.91. The van der Waals surface area contributed by atoms with E-state index in [0.717, 1.165) is 0 Å². The van der Waals surface area contributed by atoms with Crippen LogP contribution in [0.3, 0.4) is 0 Å². The first-order valence-corrected chi connectivity index (χ1v) is 5.85. The zero-order valence-electron chi connectivity index (χ0n) is 10.9. The summed E-state index contributed by atoms with van der Waals surface area (Å²) >= 11 is 0. The second-order valence-electron chi connectivity index (χ2n) is 4.97. The molecule has 2 nitrogen and oxygen atoms in total. The number of hydrogen-bond acceptors (Lipinski definition) is 2. The molecule has 86 valence electrons. The van der Waals surface area contributed by atoms with Gasteiger partial charge >= 0.3 is 0 Å². The van der Waals surface area contributed by atoms with Crippen molar-refractivity contribution >= 4 is 0 Å². The van der Waals surface area contributed by atoms with Crippen LogP contribution in [0.4, 0.5) is 0 Å². The molecule has 0 amide bonds. The van der Waals surface area contributed by atoms with Gasteiger partial charge in [0.25, 0.3) is 0 Å². The average molecular weight is 200 g/mol. The first-order chi connectivity index (χ1) is 6.41. The maximum absolute atomic E-state index is 2.48. The van der Waals surface area contributed by atoms with E-state index in [4.69, 9.17) is 0 Å². The lowest BCUT2D eigenvalue weighted by atomic mass is 10.1. The Morgan fingerprint density at radius 3 is 1.79 bits per heavy atom. The van der Waals surface area contributed by atoms with E-state index in [-0.39, 0.29) is 0 Å². The zero-order chi connectivity index (χ0) is 11.2. The van der Waals surface area contributed by atoms with Crippen LogP contribution in [0.5, 0.6) is 0 Å². The fraction of sp³-hybridized carbons (Fsp3) is 1.00. The maximum atomic E-state index is 2.48. The molecule has 0 bridgehead atoms. The normalized spacial score (nSPS) is 12.9. The maximum Gasteiger partial charge on any atom is 0.0122 e. The topological polar surface area (TPSA) is 6.48 Å². The van der Waals surface area contributed by atoms with Gasteiger partial charge in [-0.1, -0.05) is 13.8 Å². The summed E-state index contributed by atoms with van der Waals surface area (Å²) in [7, 11) is 2.21. The monoisotopic (exact) mass is 200 g/mol. The first kappa shape index (κ1) is 13.9. The highest BCUT2D eigenvalue weighted by atomic mass is 15.2. The highest BCUT2D eigenvalue weighted by Crippen LogP contribution is 2.10. The van der Waals surface area contributed by atoms with E-state index in [1.165, 1.54) is 32.6 Å². The summed E-state index contributed by atoms with van der Waals surface area (Å²) < 4.78 is 0. The van der Waals surface area contributed by atoms with Crippen molar-refractivity contribution in [3.05, 3.63) is 0 Å². The molecule has 0 rings (SSSR count). The van der Waals surface area contributed by atoms with Crippen molar-refractivity contribution in [1.82, 2.24) is 9.80 Å². The summed E-state index contributed by atoms with van der Waals surface area (Å²) in [5, 5.41) is 0. The molecule has 0 aromatic rings. The Kier molecular flexibility index (Phi) is 6.38. The van der Waals surface area contributed by atoms with Gasteiger partial charge in [-0.05, 0) is 60.4 Å². The molecule has 0 aliphatic heterocycles. The van der Waals surface area contributed by atoms with E-state index in [9.17, 15) is 0 Å². The van der Waals surface area contributed by atoms with Gasteiger partial charge in [0.2, 0.25) is 0 Å². The molecule has 0 heterocycles. The van der Waals surface area contributed by atoms with Gasteiger partial charge in [0.05, 0.1) is 0 Å². The van der Waals surface area contributed by atoms with Gasteiger partial charge in [0.15, 0.2) is 0 Å². The molecule has 0 spiro atoms. The van der Waals surface area contributed by atoms with Gasteiger partial charge in [-0.15, -0.1) is 0 Å². The second kappa shape index (κ2) is 6.41. The molecule has 0 radical (unpaired) electrons. The van der Waals surface area contributed by atoms with E-state index < -0.39 is 0 Å². The smallest absolute Gasteiger partial charge is 0.0122 e. The molecular formula is C12H28N2. The summed E-state index contributed by atoms with van der Waals surface area (Å²) in [5.74, 6) is 0. The predicted molar refractivity (Wildman–Crippen MR) is 64.8 cm³/mol. The molecule has 0 N–H and O–H groups in total. The van der Waals surface area contributed by atoms with Gasteiger partial charge in [0.1, 0.15) is 0 Å². The lowest BCUT2D eigenvalue weighted by Gasteiger charge is -2.32. The van der Waals surface area contributed by atoms with Gasteiger partial charge in [-0.25, -0.2) is 0 Å². The van der Waals surface area contributed by atoms with E-state index in [0.29, 0.717) is 5.54 Å². The molecule has 14 heavy (non-hydrogen) atoms. The second-order valence-corrected chi connectivity index (χ2v) is 4.97. The lowest BCUT2D eigenvalue weighted by molar-refractivity contribution is 0.163. The largest absolute Gasteiger partial charge is 0.304 e. The van der Waals surface area contributed by atoms with Crippen LogP contribution < -0.4 is 0 Å². The summed E-state index contributed by atoms with van der Waals surface area (Å²) in [5.41, 5.74) is 0.309. The molecule has 0 atom stereocenters. The standard InChI is InChI=1S/C12H28N2/c1-7-14(8-2)11-9-10-13(6)12(3,4)5/h7-11H2,1-6H3. The van der Waals surface area contributed by atoms with Crippen molar-refractivity contribution in [3.8, 4) is 0 Å². The minimum Gasteiger partial charge on any atom is -0.304 e. The van der Waals surface area contributed by atoms with Crippen molar-refractivity contribution in [2.45, 2.75) is 46.6 Å². The van der Waals surface area contributed by atoms with Crippen molar-refractivity contribution in [3.63, 3.8) is 0 Å². The number of nitrogens with zero attached hydrogens (tertiary/aromatic N) is 2. The quantitative estimate of drug-likeness (QED) is 0.650. The van der Waals surface area contributed by atoms with Gasteiger partial charge in [0, 0.05) is 5.54 Å². The van der Waals surface area contributed by atoms with Crippen LogP contribution in [0.15, 0.2) is 0 Å². The molecule has 0 aliphatic carbocycles. The third kappa shape index (κ3) is 5.61. The molecule has 0 saturated heterocycles. The Hall–Kier alpha value is -0.0800. The third-order valence-electron chi connectivity index (χ3n) is 3.01. The van der Waals surface area contributed by atoms with Crippen molar-refractivity contribution < 1.29 is 0 Å². The molecule has 0 saturated carbocycles. The average Bonchev–Trinajstić information content (AvgIpc) is 2.10. The molecule has 2 heteroatoms. The molecule has 0 aromatic heterocycles. The van der Waals surface area contributed by atoms with Gasteiger partial charge in [-0.3, -0.25) is 0 Å². The Labute approximate surface area is 90.3 Å². The van der Waals surface area contributed by atoms with Crippen molar-refractivity contribution in [2.24, 2.45) is 0 Å². The molecule has 0 fully saturated rings. The Morgan fingerprint density at radius 1 is 0.929 bits per heavy atom. The van der Waals surface area contributed by atoms with Crippen LogP contribution in [0, 0.1) is 0 Å². The molecular weight excluding hydrogens is 172 g/mol. The van der Waals surface area contributed by atoms with Crippen LogP contribution in [0.25, 0.3) is 0 Å². The predicted octanol–water partition coefficient (Wildman–Crippen LogP) is 2.45. The van der Waals surface area contributed by atoms with E-state index >= 15 is 0 Å². The fourth-order valence-corrected chi connectivity index (χ4v) is 1.41. The fourth-order valence-electron chi connectivity index (χ4n) is 1.41. The SMILES string of the molecule is CCN(CC)CCCN(C)C(C)(C)C. The van der Waals surface area contributed by atoms with Crippen LogP contribution >= 0.6 is 0 Å². The summed E-state index contributed by atoms with van der Waals surface area (Å²) in [6.07, 6.45) is 1.27. The molecule has 0 unspecified atom stereocenters. The Morgan fingerprint density at radius 2 is 1.43 bits per heavy atom. The lowest BCUT2D eigenvalue weighted by Crippen LogP contribution is -2.39. The van der Waals surface area contributed by atoms with Crippen LogP contribution in [0.2, 0.25) is 0 Å². The van der Waals surface area contributed by atoms with Crippen molar-refractivity contribution in [2.75, 3.05) is 33.2 Å². The third-order valence-corrected chi connectivity index (χ3v) is 3.01. The Bertz CT molecular complexity index is 134. The minimum absolute atomic E-state index is 0.309. The van der Waals surface area contributed by atoms with E-state index in [1.54, 1.807) is 0 Å². The Balaban J connectivity index is 3.63. The first-order valence-electron chi connectivity index (χ1n) is 5.85. The zero-order valence-corrected chi connectivity index (χ0v) is 10.9. The van der Waals surface area contributed by atoms with E-state index in [2.05, 4.69) is 51.5 Å². The minimum atomic E-state index is 0.309. The number of rotatable bonds is 6.